The maximum Gasteiger partial charge on any atom is 0.326 e. The molecular formula is C19H22N4O5. The third-order valence-electron chi connectivity index (χ3n) is 4.18. The lowest BCUT2D eigenvalue weighted by atomic mass is 10.1. The van der Waals surface area contributed by atoms with E-state index in [0.29, 0.717) is 5.69 Å². The van der Waals surface area contributed by atoms with Gasteiger partial charge in [-0.15, -0.1) is 0 Å². The molecule has 0 saturated carbocycles. The van der Waals surface area contributed by atoms with Crippen molar-refractivity contribution in [2.45, 2.75) is 32.7 Å². The first-order chi connectivity index (χ1) is 13.2. The Bertz CT molecular complexity index is 826. The number of nitriles is 1. The first-order valence-electron chi connectivity index (χ1n) is 8.69. The molecule has 0 unspecified atom stereocenters. The highest BCUT2D eigenvalue weighted by Crippen LogP contribution is 2.17. The number of urea groups is 1. The summed E-state index contributed by atoms with van der Waals surface area (Å²) in [5, 5.41) is 11.3. The maximum atomic E-state index is 12.5. The third-order valence-corrected chi connectivity index (χ3v) is 4.18. The van der Waals surface area contributed by atoms with Crippen molar-refractivity contribution in [2.75, 3.05) is 24.6 Å². The Labute approximate surface area is 162 Å². The van der Waals surface area contributed by atoms with Crippen LogP contribution in [0.25, 0.3) is 0 Å². The summed E-state index contributed by atoms with van der Waals surface area (Å²) in [6, 6.07) is 8.42. The zero-order chi connectivity index (χ0) is 20.9. The zero-order valence-corrected chi connectivity index (χ0v) is 16.0. The molecule has 0 radical (unpaired) electrons. The van der Waals surface area contributed by atoms with Crippen LogP contribution in [0.4, 0.5) is 10.5 Å². The van der Waals surface area contributed by atoms with E-state index in [1.807, 2.05) is 25.1 Å². The fraction of sp³-hybridized carbons (Fsp3) is 0.421. The molecule has 1 fully saturated rings. The summed E-state index contributed by atoms with van der Waals surface area (Å²) < 4.78 is 4.95. The first kappa shape index (κ1) is 20.9. The van der Waals surface area contributed by atoms with Gasteiger partial charge in [-0.1, -0.05) is 17.7 Å². The summed E-state index contributed by atoms with van der Waals surface area (Å²) >= 11 is 0. The SMILES string of the molecule is Cc1ccc(N(CCC#N)C(=O)COC(=O)CN2C(=O)NC(C)(C)C2=O)cc1. The fourth-order valence-electron chi connectivity index (χ4n) is 2.64. The van der Waals surface area contributed by atoms with Gasteiger partial charge in [-0.2, -0.15) is 5.26 Å². The van der Waals surface area contributed by atoms with E-state index < -0.39 is 42.5 Å². The molecule has 0 aromatic heterocycles. The number of hydrogen-bond acceptors (Lipinski definition) is 6. The lowest BCUT2D eigenvalue weighted by Gasteiger charge is -2.22. The van der Waals surface area contributed by atoms with E-state index in [-0.39, 0.29) is 13.0 Å². The van der Waals surface area contributed by atoms with Crippen LogP contribution in [0.3, 0.4) is 0 Å². The number of amides is 4. The quantitative estimate of drug-likeness (QED) is 0.554. The second-order valence-electron chi connectivity index (χ2n) is 6.90. The number of ether oxygens (including phenoxy) is 1. The Morgan fingerprint density at radius 3 is 2.43 bits per heavy atom. The van der Waals surface area contributed by atoms with Gasteiger partial charge in [0.25, 0.3) is 11.8 Å². The number of nitrogens with one attached hydrogen (secondary N) is 1. The highest BCUT2D eigenvalue weighted by atomic mass is 16.5. The lowest BCUT2D eigenvalue weighted by Crippen LogP contribution is -2.41. The van der Waals surface area contributed by atoms with Crippen LogP contribution in [0.15, 0.2) is 24.3 Å². The van der Waals surface area contributed by atoms with Crippen molar-refractivity contribution in [1.82, 2.24) is 10.2 Å². The smallest absolute Gasteiger partial charge is 0.326 e. The molecule has 148 valence electrons. The van der Waals surface area contributed by atoms with Crippen molar-refractivity contribution < 1.29 is 23.9 Å². The largest absolute Gasteiger partial charge is 0.454 e. The molecule has 9 heteroatoms. The molecule has 1 saturated heterocycles. The van der Waals surface area contributed by atoms with E-state index >= 15 is 0 Å². The molecule has 9 nitrogen and oxygen atoms in total. The molecular weight excluding hydrogens is 364 g/mol. The van der Waals surface area contributed by atoms with E-state index in [1.54, 1.807) is 12.1 Å². The van der Waals surface area contributed by atoms with E-state index in [0.717, 1.165) is 10.5 Å². The monoisotopic (exact) mass is 386 g/mol. The number of carbonyl (C=O) groups excluding carboxylic acids is 4. The van der Waals surface area contributed by atoms with Crippen LogP contribution in [-0.4, -0.2) is 54.0 Å². The minimum Gasteiger partial charge on any atom is -0.454 e. The number of carbonyl (C=O) groups is 4. The maximum absolute atomic E-state index is 12.5. The second kappa shape index (κ2) is 8.52. The number of anilines is 1. The van der Waals surface area contributed by atoms with Crippen molar-refractivity contribution in [3.05, 3.63) is 29.8 Å². The molecule has 0 atom stereocenters. The van der Waals surface area contributed by atoms with Gasteiger partial charge in [0.2, 0.25) is 0 Å². The predicted molar refractivity (Wildman–Crippen MR) is 99.0 cm³/mol. The molecule has 4 amide bonds. The third kappa shape index (κ3) is 4.85. The molecule has 1 aromatic carbocycles. The molecule has 1 heterocycles. The van der Waals surface area contributed by atoms with Gasteiger partial charge in [0, 0.05) is 12.2 Å². The number of rotatable bonds is 7. The highest BCUT2D eigenvalue weighted by molar-refractivity contribution is 6.08. The van der Waals surface area contributed by atoms with Gasteiger partial charge >= 0.3 is 12.0 Å². The van der Waals surface area contributed by atoms with Crippen molar-refractivity contribution in [3.63, 3.8) is 0 Å². The Morgan fingerprint density at radius 2 is 1.89 bits per heavy atom. The number of aryl methyl sites for hydroxylation is 1. The summed E-state index contributed by atoms with van der Waals surface area (Å²) in [5.74, 6) is -1.93. The average molecular weight is 386 g/mol. The van der Waals surface area contributed by atoms with E-state index in [2.05, 4.69) is 5.32 Å². The van der Waals surface area contributed by atoms with E-state index in [1.165, 1.54) is 18.7 Å². The van der Waals surface area contributed by atoms with Gasteiger partial charge in [0.15, 0.2) is 6.61 Å². The normalized spacial score (nSPS) is 15.0. The molecule has 1 aromatic rings. The highest BCUT2D eigenvalue weighted by Gasteiger charge is 2.45. The predicted octanol–water partition coefficient (Wildman–Crippen LogP) is 1.12. The van der Waals surface area contributed by atoms with Crippen LogP contribution < -0.4 is 10.2 Å². The summed E-state index contributed by atoms with van der Waals surface area (Å²) in [7, 11) is 0. The molecule has 0 aliphatic carbocycles. The Kier molecular flexibility index (Phi) is 6.36. The van der Waals surface area contributed by atoms with Crippen molar-refractivity contribution >= 4 is 29.5 Å². The van der Waals surface area contributed by atoms with Gasteiger partial charge in [-0.3, -0.25) is 19.3 Å². The van der Waals surface area contributed by atoms with Crippen molar-refractivity contribution in [3.8, 4) is 6.07 Å². The van der Waals surface area contributed by atoms with Crippen LogP contribution in [0.2, 0.25) is 0 Å². The Morgan fingerprint density at radius 1 is 1.25 bits per heavy atom. The lowest BCUT2D eigenvalue weighted by molar-refractivity contribution is -0.150. The first-order valence-corrected chi connectivity index (χ1v) is 8.69. The van der Waals surface area contributed by atoms with Crippen molar-refractivity contribution in [2.24, 2.45) is 0 Å². The molecule has 1 aliphatic rings. The number of benzene rings is 1. The topological polar surface area (TPSA) is 120 Å². The van der Waals surface area contributed by atoms with Gasteiger partial charge in [0.1, 0.15) is 12.1 Å². The minimum atomic E-state index is -1.09. The second-order valence-corrected chi connectivity index (χ2v) is 6.90. The molecule has 2 rings (SSSR count). The summed E-state index contributed by atoms with van der Waals surface area (Å²) in [5.41, 5.74) is 0.504. The summed E-state index contributed by atoms with van der Waals surface area (Å²) in [6.07, 6.45) is 0.116. The number of esters is 1. The molecule has 1 aliphatic heterocycles. The standard InChI is InChI=1S/C19H22N4O5/c1-13-5-7-14(8-6-13)22(10-4-9-20)15(24)12-28-16(25)11-23-17(26)19(2,3)21-18(23)27/h5-8H,4,10-12H2,1-3H3,(H,21,27). The van der Waals surface area contributed by atoms with Gasteiger partial charge in [-0.25, -0.2) is 4.79 Å². The van der Waals surface area contributed by atoms with E-state index in [4.69, 9.17) is 10.00 Å². The molecule has 1 N–H and O–H groups in total. The molecule has 0 bridgehead atoms. The fourth-order valence-corrected chi connectivity index (χ4v) is 2.64. The van der Waals surface area contributed by atoms with Crippen LogP contribution in [0, 0.1) is 18.3 Å². The Balaban J connectivity index is 1.97. The van der Waals surface area contributed by atoms with Crippen molar-refractivity contribution in [1.29, 1.82) is 5.26 Å². The summed E-state index contributed by atoms with van der Waals surface area (Å²) in [6.45, 7) is 3.96. The molecule has 0 spiro atoms. The van der Waals surface area contributed by atoms with Crippen LogP contribution in [0.1, 0.15) is 25.8 Å². The average Bonchev–Trinajstić information content (AvgIpc) is 2.83. The zero-order valence-electron chi connectivity index (χ0n) is 16.0. The minimum absolute atomic E-state index is 0.116. The van der Waals surface area contributed by atoms with Gasteiger partial charge < -0.3 is 15.0 Å². The molecule has 28 heavy (non-hydrogen) atoms. The number of imide groups is 1. The Hall–Kier alpha value is -3.41. The van der Waals surface area contributed by atoms with E-state index in [9.17, 15) is 19.2 Å². The van der Waals surface area contributed by atoms with Crippen LogP contribution >= 0.6 is 0 Å². The summed E-state index contributed by atoms with van der Waals surface area (Å²) in [4.78, 5) is 50.5. The number of nitrogens with zero attached hydrogens (tertiary/aromatic N) is 3. The van der Waals surface area contributed by atoms with Gasteiger partial charge in [-0.05, 0) is 32.9 Å². The van der Waals surface area contributed by atoms with Gasteiger partial charge in [0.05, 0.1) is 12.5 Å². The van der Waals surface area contributed by atoms with Crippen LogP contribution in [-0.2, 0) is 19.1 Å². The van der Waals surface area contributed by atoms with Crippen LogP contribution in [0.5, 0.6) is 0 Å². The number of hydrogen-bond donors (Lipinski definition) is 1.